The highest BCUT2D eigenvalue weighted by molar-refractivity contribution is 6.39. The highest BCUT2D eigenvalue weighted by atomic mass is 35.5. The zero-order valence-corrected chi connectivity index (χ0v) is 17.3. The highest BCUT2D eigenvalue weighted by Gasteiger charge is 2.21. The molecule has 3 rings (SSSR count). The van der Waals surface area contributed by atoms with Crippen molar-refractivity contribution in [3.63, 3.8) is 0 Å². The smallest absolute Gasteiger partial charge is 0.326 e. The summed E-state index contributed by atoms with van der Waals surface area (Å²) < 4.78 is 0. The van der Waals surface area contributed by atoms with Gasteiger partial charge in [-0.1, -0.05) is 35.3 Å². The number of carbonyl (C=O) groups excluding carboxylic acids is 2. The Morgan fingerprint density at radius 2 is 1.77 bits per heavy atom. The van der Waals surface area contributed by atoms with Crippen molar-refractivity contribution in [3.05, 3.63) is 69.6 Å². The van der Waals surface area contributed by atoms with E-state index in [0.29, 0.717) is 30.5 Å². The number of nitrogens with one attached hydrogen (secondary N) is 2. The summed E-state index contributed by atoms with van der Waals surface area (Å²) in [7, 11) is 0. The number of carboxylic acid groups (broad SMARTS) is 1. The number of aromatic nitrogens is 1. The number of hydrogen-bond donors (Lipinski definition) is 3. The second-order valence-corrected chi connectivity index (χ2v) is 7.67. The van der Waals surface area contributed by atoms with Crippen molar-refractivity contribution in [2.24, 2.45) is 0 Å². The summed E-state index contributed by atoms with van der Waals surface area (Å²) in [5.41, 5.74) is 2.01. The van der Waals surface area contributed by atoms with E-state index in [2.05, 4.69) is 15.6 Å². The van der Waals surface area contributed by atoms with E-state index in [1.54, 1.807) is 24.3 Å². The van der Waals surface area contributed by atoms with Crippen LogP contribution < -0.4 is 10.6 Å². The van der Waals surface area contributed by atoms with Gasteiger partial charge in [0.1, 0.15) is 6.04 Å². The predicted molar refractivity (Wildman–Crippen MR) is 114 cm³/mol. The van der Waals surface area contributed by atoms with Crippen LogP contribution >= 0.6 is 23.2 Å². The first kappa shape index (κ1) is 21.8. The maximum atomic E-state index is 12.5. The van der Waals surface area contributed by atoms with Gasteiger partial charge in [-0.2, -0.15) is 0 Å². The van der Waals surface area contributed by atoms with Gasteiger partial charge < -0.3 is 15.7 Å². The van der Waals surface area contributed by atoms with Gasteiger partial charge in [0.15, 0.2) is 5.78 Å². The summed E-state index contributed by atoms with van der Waals surface area (Å²) in [4.78, 5) is 39.5. The lowest BCUT2D eigenvalue weighted by Gasteiger charge is -2.20. The van der Waals surface area contributed by atoms with Gasteiger partial charge >= 0.3 is 5.97 Å². The summed E-state index contributed by atoms with van der Waals surface area (Å²) in [5, 5.41) is 15.5. The van der Waals surface area contributed by atoms with E-state index < -0.39 is 17.9 Å². The molecule has 1 aliphatic rings. The molecule has 1 aliphatic carbocycles. The quantitative estimate of drug-likeness (QED) is 0.594. The largest absolute Gasteiger partial charge is 0.480 e. The molecule has 2 aromatic rings. The molecule has 7 nitrogen and oxygen atoms in total. The van der Waals surface area contributed by atoms with Crippen molar-refractivity contribution in [2.45, 2.75) is 31.7 Å². The average Bonchev–Trinajstić information content (AvgIpc) is 2.71. The highest BCUT2D eigenvalue weighted by Crippen LogP contribution is 2.29. The molecule has 0 saturated carbocycles. The van der Waals surface area contributed by atoms with Gasteiger partial charge in [-0.05, 0) is 30.5 Å². The summed E-state index contributed by atoms with van der Waals surface area (Å²) in [5.74, 6) is -1.43. The Hall–Kier alpha value is -2.90. The lowest BCUT2D eigenvalue weighted by atomic mass is 10.0. The number of hydrogen-bond acceptors (Lipinski definition) is 5. The molecular formula is C21H19Cl2N3O4. The number of amides is 1. The van der Waals surface area contributed by atoms with Crippen LogP contribution in [0.5, 0.6) is 0 Å². The second-order valence-electron chi connectivity index (χ2n) is 6.86. The maximum absolute atomic E-state index is 12.5. The molecule has 1 heterocycles. The Morgan fingerprint density at radius 3 is 2.37 bits per heavy atom. The first-order valence-corrected chi connectivity index (χ1v) is 10.0. The van der Waals surface area contributed by atoms with E-state index >= 15 is 0 Å². The number of anilines is 1. The summed E-state index contributed by atoms with van der Waals surface area (Å²) >= 11 is 12.0. The number of ketones is 1. The SMILES string of the molecule is O=C1C=C(N[C@@H](Cc2ccc(C(=O)Nc3c(Cl)cncc3Cl)cc2)C(=O)O)CCC1. The van der Waals surface area contributed by atoms with Gasteiger partial charge in [-0.3, -0.25) is 14.6 Å². The first-order valence-electron chi connectivity index (χ1n) is 9.25. The van der Waals surface area contributed by atoms with Crippen LogP contribution in [0, 0.1) is 0 Å². The van der Waals surface area contributed by atoms with Gasteiger partial charge in [0.2, 0.25) is 0 Å². The topological polar surface area (TPSA) is 108 Å². The van der Waals surface area contributed by atoms with Crippen molar-refractivity contribution in [3.8, 4) is 0 Å². The van der Waals surface area contributed by atoms with Crippen LogP contribution in [0.3, 0.4) is 0 Å². The number of carbonyl (C=O) groups is 3. The van der Waals surface area contributed by atoms with E-state index in [1.165, 1.54) is 18.5 Å². The Morgan fingerprint density at radius 1 is 1.10 bits per heavy atom. The monoisotopic (exact) mass is 447 g/mol. The van der Waals surface area contributed by atoms with E-state index in [1.807, 2.05) is 0 Å². The Labute approximate surface area is 183 Å². The molecule has 1 aromatic heterocycles. The van der Waals surface area contributed by atoms with Crippen LogP contribution in [-0.4, -0.2) is 33.8 Å². The number of benzene rings is 1. The molecule has 1 aromatic carbocycles. The van der Waals surface area contributed by atoms with Crippen LogP contribution in [0.1, 0.15) is 35.2 Å². The lowest BCUT2D eigenvalue weighted by molar-refractivity contribution is -0.139. The Bertz CT molecular complexity index is 986. The second kappa shape index (κ2) is 9.73. The molecular weight excluding hydrogens is 429 g/mol. The molecule has 0 saturated heterocycles. The average molecular weight is 448 g/mol. The summed E-state index contributed by atoms with van der Waals surface area (Å²) in [6.45, 7) is 0. The minimum atomic E-state index is -1.02. The molecule has 0 fully saturated rings. The summed E-state index contributed by atoms with van der Waals surface area (Å²) in [6, 6.07) is 5.67. The molecule has 1 atom stereocenters. The van der Waals surface area contributed by atoms with E-state index in [-0.39, 0.29) is 27.9 Å². The molecule has 30 heavy (non-hydrogen) atoms. The van der Waals surface area contributed by atoms with E-state index in [4.69, 9.17) is 23.2 Å². The van der Waals surface area contributed by atoms with Crippen molar-refractivity contribution in [2.75, 3.05) is 5.32 Å². The van der Waals surface area contributed by atoms with Gasteiger partial charge in [0.05, 0.1) is 15.7 Å². The molecule has 0 radical (unpaired) electrons. The van der Waals surface area contributed by atoms with Crippen LogP contribution in [-0.2, 0) is 16.0 Å². The van der Waals surface area contributed by atoms with Crippen LogP contribution in [0.25, 0.3) is 0 Å². The molecule has 3 N–H and O–H groups in total. The summed E-state index contributed by atoms with van der Waals surface area (Å²) in [6.07, 6.45) is 6.27. The fourth-order valence-corrected chi connectivity index (χ4v) is 3.53. The van der Waals surface area contributed by atoms with E-state index in [9.17, 15) is 19.5 Å². The van der Waals surface area contributed by atoms with Gasteiger partial charge in [-0.25, -0.2) is 4.79 Å². The minimum absolute atomic E-state index is 0.00217. The molecule has 0 unspecified atom stereocenters. The third-order valence-electron chi connectivity index (χ3n) is 4.61. The zero-order chi connectivity index (χ0) is 21.7. The number of nitrogens with zero attached hydrogens (tertiary/aromatic N) is 1. The third-order valence-corrected chi connectivity index (χ3v) is 5.18. The maximum Gasteiger partial charge on any atom is 0.326 e. The molecule has 0 spiro atoms. The number of carboxylic acids is 1. The predicted octanol–water partition coefficient (Wildman–Crippen LogP) is 3.86. The van der Waals surface area contributed by atoms with Crippen LogP contribution in [0.4, 0.5) is 5.69 Å². The van der Waals surface area contributed by atoms with Crippen LogP contribution in [0.15, 0.2) is 48.4 Å². The zero-order valence-electron chi connectivity index (χ0n) is 15.8. The first-order chi connectivity index (χ1) is 14.3. The van der Waals surface area contributed by atoms with Crippen molar-refractivity contribution < 1.29 is 19.5 Å². The van der Waals surface area contributed by atoms with Crippen molar-refractivity contribution >= 4 is 46.5 Å². The van der Waals surface area contributed by atoms with Gasteiger partial charge in [-0.15, -0.1) is 0 Å². The number of allylic oxidation sites excluding steroid dienone is 2. The van der Waals surface area contributed by atoms with E-state index in [0.717, 1.165) is 5.56 Å². The van der Waals surface area contributed by atoms with Gasteiger partial charge in [0.25, 0.3) is 5.91 Å². The molecule has 0 bridgehead atoms. The van der Waals surface area contributed by atoms with Crippen molar-refractivity contribution in [1.82, 2.24) is 10.3 Å². The Balaban J connectivity index is 1.67. The molecule has 1 amide bonds. The van der Waals surface area contributed by atoms with Crippen molar-refractivity contribution in [1.29, 1.82) is 0 Å². The fraction of sp³-hybridized carbons (Fsp3) is 0.238. The lowest BCUT2D eigenvalue weighted by Crippen LogP contribution is -2.38. The normalized spacial score (nSPS) is 14.6. The number of rotatable bonds is 7. The molecule has 0 aliphatic heterocycles. The standard InChI is InChI=1S/C21H19Cl2N3O4/c22-16-10-24-11-17(23)19(16)26-20(28)13-6-4-12(5-7-13)8-18(21(29)30)25-14-2-1-3-15(27)9-14/h4-7,9-11,18,25H,1-3,8H2,(H,29,30)(H,24,26,28)/t18-/m0/s1. The Kier molecular flexibility index (Phi) is 7.07. The number of halogens is 2. The minimum Gasteiger partial charge on any atom is -0.480 e. The number of aliphatic carboxylic acids is 1. The fourth-order valence-electron chi connectivity index (χ4n) is 3.07. The van der Waals surface area contributed by atoms with Crippen LogP contribution in [0.2, 0.25) is 10.0 Å². The molecule has 9 heteroatoms. The number of pyridine rings is 1. The molecule has 156 valence electrons. The third kappa shape index (κ3) is 5.58. The van der Waals surface area contributed by atoms with Gasteiger partial charge in [0, 0.05) is 42.6 Å².